The highest BCUT2D eigenvalue weighted by Crippen LogP contribution is 2.31. The third-order valence-corrected chi connectivity index (χ3v) is 3.40. The van der Waals surface area contributed by atoms with E-state index in [9.17, 15) is 20.1 Å². The number of nitrogens with one attached hydrogen (secondary N) is 1. The van der Waals surface area contributed by atoms with E-state index in [0.29, 0.717) is 18.0 Å². The number of hydrogen-bond donors (Lipinski definition) is 4. The Labute approximate surface area is 132 Å². The van der Waals surface area contributed by atoms with Crippen molar-refractivity contribution >= 4 is 17.5 Å². The predicted octanol–water partition coefficient (Wildman–Crippen LogP) is 2.82. The first-order valence-corrected chi connectivity index (χ1v) is 7.13. The smallest absolute Gasteiger partial charge is 0.258 e. The van der Waals surface area contributed by atoms with Crippen molar-refractivity contribution in [1.29, 1.82) is 0 Å². The lowest BCUT2D eigenvalue weighted by Gasteiger charge is -2.09. The molecule has 0 radical (unpaired) electrons. The molecule has 0 heterocycles. The molecule has 0 spiro atoms. The molecule has 0 aliphatic carbocycles. The molecule has 0 saturated heterocycles. The first-order valence-electron chi connectivity index (χ1n) is 6.75. The van der Waals surface area contributed by atoms with Crippen LogP contribution in [0.25, 0.3) is 0 Å². The Balaban J connectivity index is 1.87. The molecule has 5 nitrogen and oxygen atoms in total. The average molecular weight is 322 g/mol. The van der Waals surface area contributed by atoms with E-state index in [4.69, 9.17) is 11.6 Å². The van der Waals surface area contributed by atoms with Crippen LogP contribution in [0, 0.1) is 0 Å². The maximum Gasteiger partial charge on any atom is 0.258 e. The number of carbonyl (C=O) groups is 1. The second kappa shape index (κ2) is 7.04. The highest BCUT2D eigenvalue weighted by atomic mass is 35.5. The molecule has 0 atom stereocenters. The van der Waals surface area contributed by atoms with Gasteiger partial charge in [-0.3, -0.25) is 4.79 Å². The molecule has 0 aromatic heterocycles. The monoisotopic (exact) mass is 321 g/mol. The van der Waals surface area contributed by atoms with Gasteiger partial charge in [0, 0.05) is 23.7 Å². The number of rotatable bonds is 5. The quantitative estimate of drug-likeness (QED) is 0.637. The van der Waals surface area contributed by atoms with Gasteiger partial charge in [-0.25, -0.2) is 0 Å². The molecule has 2 rings (SSSR count). The Hall–Kier alpha value is -2.40. The van der Waals surface area contributed by atoms with E-state index in [0.717, 1.165) is 24.1 Å². The maximum atomic E-state index is 11.9. The van der Waals surface area contributed by atoms with Gasteiger partial charge in [0.15, 0.2) is 0 Å². The number of halogens is 1. The van der Waals surface area contributed by atoms with Crippen LogP contribution in [-0.2, 0) is 6.42 Å². The Morgan fingerprint density at radius 3 is 2.23 bits per heavy atom. The highest BCUT2D eigenvalue weighted by Gasteiger charge is 2.17. The molecule has 2 aromatic rings. The van der Waals surface area contributed by atoms with Crippen LogP contribution in [0.2, 0.25) is 5.02 Å². The Kier molecular flexibility index (Phi) is 5.12. The van der Waals surface area contributed by atoms with E-state index < -0.39 is 17.4 Å². The molecule has 6 heteroatoms. The van der Waals surface area contributed by atoms with Gasteiger partial charge in [-0.05, 0) is 30.5 Å². The number of phenols is 3. The largest absolute Gasteiger partial charge is 0.508 e. The van der Waals surface area contributed by atoms with Crippen molar-refractivity contribution in [3.8, 4) is 17.2 Å². The fourth-order valence-electron chi connectivity index (χ4n) is 2.06. The van der Waals surface area contributed by atoms with Gasteiger partial charge in [0.05, 0.1) is 0 Å². The van der Waals surface area contributed by atoms with Crippen LogP contribution in [0.5, 0.6) is 17.2 Å². The van der Waals surface area contributed by atoms with E-state index >= 15 is 0 Å². The summed E-state index contributed by atoms with van der Waals surface area (Å²) in [6.45, 7) is 0.390. The summed E-state index contributed by atoms with van der Waals surface area (Å²) in [4.78, 5) is 11.9. The molecule has 0 aliphatic rings. The van der Waals surface area contributed by atoms with Crippen LogP contribution in [-0.4, -0.2) is 27.8 Å². The number of amides is 1. The Morgan fingerprint density at radius 2 is 1.64 bits per heavy atom. The summed E-state index contributed by atoms with van der Waals surface area (Å²) in [5.74, 6) is -1.83. The second-order valence-electron chi connectivity index (χ2n) is 4.84. The van der Waals surface area contributed by atoms with Crippen LogP contribution in [0.4, 0.5) is 0 Å². The number of carbonyl (C=O) groups excluding carboxylic acids is 1. The molecule has 4 N–H and O–H groups in total. The average Bonchev–Trinajstić information content (AvgIpc) is 2.44. The maximum absolute atomic E-state index is 11.9. The second-order valence-corrected chi connectivity index (χ2v) is 5.28. The Morgan fingerprint density at radius 1 is 1.05 bits per heavy atom. The van der Waals surface area contributed by atoms with Gasteiger partial charge >= 0.3 is 0 Å². The van der Waals surface area contributed by atoms with Crippen molar-refractivity contribution < 1.29 is 20.1 Å². The molecular weight excluding hydrogens is 306 g/mol. The third kappa shape index (κ3) is 4.05. The predicted molar refractivity (Wildman–Crippen MR) is 83.5 cm³/mol. The Bertz CT molecular complexity index is 647. The van der Waals surface area contributed by atoms with Crippen LogP contribution in [0.1, 0.15) is 22.3 Å². The van der Waals surface area contributed by atoms with E-state index in [1.807, 2.05) is 24.3 Å². The fourth-order valence-corrected chi connectivity index (χ4v) is 2.19. The fraction of sp³-hybridized carbons (Fsp3) is 0.188. The topological polar surface area (TPSA) is 89.8 Å². The SMILES string of the molecule is O=C(NCCCc1ccc(Cl)cc1)c1c(O)cc(O)cc1O. The normalized spacial score (nSPS) is 10.4. The first-order chi connectivity index (χ1) is 10.5. The van der Waals surface area contributed by atoms with Gasteiger partial charge in [-0.15, -0.1) is 0 Å². The van der Waals surface area contributed by atoms with Crippen molar-refractivity contribution in [2.24, 2.45) is 0 Å². The molecule has 0 fully saturated rings. The van der Waals surface area contributed by atoms with Crippen molar-refractivity contribution in [3.05, 3.63) is 52.5 Å². The minimum absolute atomic E-state index is 0.246. The molecule has 22 heavy (non-hydrogen) atoms. The molecule has 116 valence electrons. The number of benzene rings is 2. The molecular formula is C16H16ClNO4. The van der Waals surface area contributed by atoms with Gasteiger partial charge in [0.25, 0.3) is 5.91 Å². The molecule has 1 amide bonds. The zero-order valence-corrected chi connectivity index (χ0v) is 12.5. The van der Waals surface area contributed by atoms with E-state index in [-0.39, 0.29) is 11.3 Å². The summed E-state index contributed by atoms with van der Waals surface area (Å²) in [7, 11) is 0. The molecule has 0 unspecified atom stereocenters. The summed E-state index contributed by atoms with van der Waals surface area (Å²) in [5, 5.41) is 31.7. The summed E-state index contributed by atoms with van der Waals surface area (Å²) in [6, 6.07) is 9.46. The van der Waals surface area contributed by atoms with Crippen molar-refractivity contribution in [2.75, 3.05) is 6.54 Å². The number of aromatic hydroxyl groups is 3. The first kappa shape index (κ1) is 16.0. The van der Waals surface area contributed by atoms with Gasteiger partial charge in [-0.1, -0.05) is 23.7 Å². The molecule has 0 bridgehead atoms. The van der Waals surface area contributed by atoms with Crippen LogP contribution in [0.15, 0.2) is 36.4 Å². The standard InChI is InChI=1S/C16H16ClNO4/c17-11-5-3-10(4-6-11)2-1-7-18-16(22)15-13(20)8-12(19)9-14(15)21/h3-6,8-9,19-21H,1-2,7H2,(H,18,22). The van der Waals surface area contributed by atoms with Gasteiger partial charge in [0.2, 0.25) is 0 Å². The zero-order chi connectivity index (χ0) is 16.1. The van der Waals surface area contributed by atoms with E-state index in [1.54, 1.807) is 0 Å². The van der Waals surface area contributed by atoms with E-state index in [2.05, 4.69) is 5.32 Å². The van der Waals surface area contributed by atoms with Crippen LogP contribution in [0.3, 0.4) is 0 Å². The summed E-state index contributed by atoms with van der Waals surface area (Å²) in [6.07, 6.45) is 1.47. The number of hydrogen-bond acceptors (Lipinski definition) is 4. The zero-order valence-electron chi connectivity index (χ0n) is 11.7. The third-order valence-electron chi connectivity index (χ3n) is 3.15. The van der Waals surface area contributed by atoms with Crippen molar-refractivity contribution in [3.63, 3.8) is 0 Å². The molecule has 0 aliphatic heterocycles. The van der Waals surface area contributed by atoms with Crippen LogP contribution < -0.4 is 5.32 Å². The van der Waals surface area contributed by atoms with Gasteiger partial charge in [0.1, 0.15) is 22.8 Å². The van der Waals surface area contributed by atoms with Gasteiger partial charge in [-0.2, -0.15) is 0 Å². The molecule has 0 saturated carbocycles. The lowest BCUT2D eigenvalue weighted by Crippen LogP contribution is -2.25. The summed E-state index contributed by atoms with van der Waals surface area (Å²) < 4.78 is 0. The number of aryl methyl sites for hydroxylation is 1. The van der Waals surface area contributed by atoms with Gasteiger partial charge < -0.3 is 20.6 Å². The van der Waals surface area contributed by atoms with E-state index in [1.165, 1.54) is 0 Å². The summed E-state index contributed by atoms with van der Waals surface area (Å²) in [5.41, 5.74) is 0.860. The lowest BCUT2D eigenvalue weighted by atomic mass is 10.1. The molecule has 2 aromatic carbocycles. The minimum Gasteiger partial charge on any atom is -0.508 e. The van der Waals surface area contributed by atoms with Crippen molar-refractivity contribution in [1.82, 2.24) is 5.32 Å². The number of phenolic OH excluding ortho intramolecular Hbond substituents is 3. The van der Waals surface area contributed by atoms with Crippen LogP contribution >= 0.6 is 11.6 Å². The highest BCUT2D eigenvalue weighted by molar-refractivity contribution is 6.30. The summed E-state index contributed by atoms with van der Waals surface area (Å²) >= 11 is 5.80. The lowest BCUT2D eigenvalue weighted by molar-refractivity contribution is 0.0947. The minimum atomic E-state index is -0.592. The van der Waals surface area contributed by atoms with Crippen molar-refractivity contribution in [2.45, 2.75) is 12.8 Å².